The first kappa shape index (κ1) is 16.7. The van der Waals surface area contributed by atoms with E-state index < -0.39 is 0 Å². The van der Waals surface area contributed by atoms with Gasteiger partial charge in [-0.15, -0.1) is 11.3 Å². The van der Waals surface area contributed by atoms with Crippen LogP contribution in [0.3, 0.4) is 0 Å². The van der Waals surface area contributed by atoms with Crippen LogP contribution in [0, 0.1) is 5.92 Å². The normalized spacial score (nSPS) is 16.3. The van der Waals surface area contributed by atoms with Gasteiger partial charge in [0.05, 0.1) is 4.88 Å². The van der Waals surface area contributed by atoms with Gasteiger partial charge in [-0.1, -0.05) is 30.3 Å². The minimum atomic E-state index is -0.00174. The Morgan fingerprint density at radius 2 is 2.00 bits per heavy atom. The fraction of sp³-hybridized carbons (Fsp3) is 0.368. The molecule has 1 heterocycles. The molecule has 0 radical (unpaired) electrons. The first-order valence-electron chi connectivity index (χ1n) is 8.19. The quantitative estimate of drug-likeness (QED) is 0.929. The van der Waals surface area contributed by atoms with Crippen LogP contribution in [0.5, 0.6) is 0 Å². The van der Waals surface area contributed by atoms with Crippen molar-refractivity contribution < 1.29 is 9.59 Å². The van der Waals surface area contributed by atoms with Crippen molar-refractivity contribution in [3.8, 4) is 0 Å². The van der Waals surface area contributed by atoms with E-state index in [9.17, 15) is 9.59 Å². The minimum absolute atomic E-state index is 0.00174. The summed E-state index contributed by atoms with van der Waals surface area (Å²) in [6.07, 6.45) is 2.46. The number of nitrogens with zero attached hydrogens (tertiary/aromatic N) is 1. The molecule has 0 bridgehead atoms. The van der Waals surface area contributed by atoms with Gasteiger partial charge >= 0.3 is 0 Å². The lowest BCUT2D eigenvalue weighted by atomic mass is 9.87. The Kier molecular flexibility index (Phi) is 5.00. The van der Waals surface area contributed by atoms with Crippen molar-refractivity contribution in [2.24, 2.45) is 5.92 Å². The van der Waals surface area contributed by atoms with Gasteiger partial charge in [0.1, 0.15) is 0 Å². The average Bonchev–Trinajstić information content (AvgIpc) is 3.02. The van der Waals surface area contributed by atoms with Crippen LogP contribution in [0.15, 0.2) is 36.4 Å². The second-order valence-electron chi connectivity index (χ2n) is 6.40. The lowest BCUT2D eigenvalue weighted by Gasteiger charge is -2.21. The van der Waals surface area contributed by atoms with Gasteiger partial charge in [0.2, 0.25) is 5.91 Å². The summed E-state index contributed by atoms with van der Waals surface area (Å²) in [5.41, 5.74) is 2.27. The van der Waals surface area contributed by atoms with Gasteiger partial charge in [-0.05, 0) is 36.5 Å². The summed E-state index contributed by atoms with van der Waals surface area (Å²) in [6, 6.07) is 11.9. The molecule has 0 saturated heterocycles. The number of fused-ring (bicyclic) bond motifs is 1. The molecule has 0 fully saturated rings. The predicted octanol–water partition coefficient (Wildman–Crippen LogP) is 2.87. The topological polar surface area (TPSA) is 49.4 Å². The van der Waals surface area contributed by atoms with Crippen molar-refractivity contribution >= 4 is 23.2 Å². The molecule has 2 aromatic rings. The third kappa shape index (κ3) is 3.67. The predicted molar refractivity (Wildman–Crippen MR) is 96.1 cm³/mol. The highest BCUT2D eigenvalue weighted by atomic mass is 32.1. The maximum atomic E-state index is 12.4. The molecule has 4 nitrogen and oxygen atoms in total. The summed E-state index contributed by atoms with van der Waals surface area (Å²) in [6.45, 7) is 0.567. The SMILES string of the molecule is CN(C)C(=O)c1cc2c(s1)CCC(C(=O)NCc1ccccc1)C2. The van der Waals surface area contributed by atoms with Gasteiger partial charge in [0, 0.05) is 31.4 Å². The van der Waals surface area contributed by atoms with E-state index in [4.69, 9.17) is 0 Å². The van der Waals surface area contributed by atoms with Crippen molar-refractivity contribution in [1.29, 1.82) is 0 Å². The Balaban J connectivity index is 1.62. The maximum absolute atomic E-state index is 12.4. The number of thiophene rings is 1. The molecular formula is C19H22N2O2S. The van der Waals surface area contributed by atoms with Gasteiger partial charge in [-0.2, -0.15) is 0 Å². The summed E-state index contributed by atoms with van der Waals surface area (Å²) in [7, 11) is 3.53. The largest absolute Gasteiger partial charge is 0.352 e. The molecular weight excluding hydrogens is 320 g/mol. The van der Waals surface area contributed by atoms with Crippen molar-refractivity contribution in [1.82, 2.24) is 10.2 Å². The van der Waals surface area contributed by atoms with E-state index in [1.54, 1.807) is 30.3 Å². The van der Waals surface area contributed by atoms with Crippen LogP contribution in [0.25, 0.3) is 0 Å². The Morgan fingerprint density at radius 3 is 2.71 bits per heavy atom. The molecule has 1 aromatic carbocycles. The van der Waals surface area contributed by atoms with Gasteiger partial charge < -0.3 is 10.2 Å². The molecule has 2 amide bonds. The highest BCUT2D eigenvalue weighted by molar-refractivity contribution is 7.14. The van der Waals surface area contributed by atoms with Crippen LogP contribution in [-0.4, -0.2) is 30.8 Å². The summed E-state index contributed by atoms with van der Waals surface area (Å²) < 4.78 is 0. The molecule has 1 N–H and O–H groups in total. The molecule has 1 unspecified atom stereocenters. The van der Waals surface area contributed by atoms with E-state index in [-0.39, 0.29) is 17.7 Å². The lowest BCUT2D eigenvalue weighted by Crippen LogP contribution is -2.33. The molecule has 5 heteroatoms. The third-order valence-corrected chi connectivity index (χ3v) is 5.61. The number of benzene rings is 1. The molecule has 0 spiro atoms. The Labute approximate surface area is 146 Å². The zero-order valence-corrected chi connectivity index (χ0v) is 14.9. The molecule has 1 aliphatic carbocycles. The molecule has 3 rings (SSSR count). The monoisotopic (exact) mass is 342 g/mol. The minimum Gasteiger partial charge on any atom is -0.352 e. The fourth-order valence-corrected chi connectivity index (χ4v) is 4.23. The van der Waals surface area contributed by atoms with E-state index in [0.717, 1.165) is 35.3 Å². The number of nitrogens with one attached hydrogen (secondary N) is 1. The molecule has 0 saturated carbocycles. The van der Waals surface area contributed by atoms with E-state index in [1.807, 2.05) is 36.4 Å². The van der Waals surface area contributed by atoms with Gasteiger partial charge in [-0.25, -0.2) is 0 Å². The van der Waals surface area contributed by atoms with Crippen LogP contribution in [-0.2, 0) is 24.2 Å². The number of carbonyl (C=O) groups is 2. The van der Waals surface area contributed by atoms with E-state index in [0.29, 0.717) is 6.54 Å². The summed E-state index contributed by atoms with van der Waals surface area (Å²) >= 11 is 1.57. The number of hydrogen-bond donors (Lipinski definition) is 1. The highest BCUT2D eigenvalue weighted by Crippen LogP contribution is 2.33. The first-order valence-corrected chi connectivity index (χ1v) is 9.01. The van der Waals surface area contributed by atoms with Crippen molar-refractivity contribution in [3.63, 3.8) is 0 Å². The van der Waals surface area contributed by atoms with E-state index in [1.165, 1.54) is 4.88 Å². The molecule has 1 aliphatic rings. The summed E-state index contributed by atoms with van der Waals surface area (Å²) in [5, 5.41) is 3.04. The zero-order valence-electron chi connectivity index (χ0n) is 14.0. The van der Waals surface area contributed by atoms with Gasteiger partial charge in [-0.3, -0.25) is 9.59 Å². The summed E-state index contributed by atoms with van der Waals surface area (Å²) in [4.78, 5) is 28.2. The second kappa shape index (κ2) is 7.18. The average molecular weight is 342 g/mol. The number of hydrogen-bond acceptors (Lipinski definition) is 3. The Hall–Kier alpha value is -2.14. The third-order valence-electron chi connectivity index (χ3n) is 4.38. The standard InChI is InChI=1S/C19H22N2O2S/c1-21(2)19(23)17-11-15-10-14(8-9-16(15)24-17)18(22)20-12-13-6-4-3-5-7-13/h3-7,11,14H,8-10,12H2,1-2H3,(H,20,22). The van der Waals surface area contributed by atoms with Crippen LogP contribution in [0.1, 0.15) is 32.1 Å². The Bertz CT molecular complexity index is 737. The molecule has 0 aliphatic heterocycles. The fourth-order valence-electron chi connectivity index (χ4n) is 3.00. The van der Waals surface area contributed by atoms with Crippen LogP contribution < -0.4 is 5.32 Å². The van der Waals surface area contributed by atoms with E-state index in [2.05, 4.69) is 5.32 Å². The Morgan fingerprint density at radius 1 is 1.25 bits per heavy atom. The smallest absolute Gasteiger partial charge is 0.263 e. The molecule has 1 atom stereocenters. The maximum Gasteiger partial charge on any atom is 0.263 e. The zero-order chi connectivity index (χ0) is 17.1. The van der Waals surface area contributed by atoms with Crippen molar-refractivity contribution in [2.75, 3.05) is 14.1 Å². The number of carbonyl (C=O) groups excluding carboxylic acids is 2. The molecule has 126 valence electrons. The van der Waals surface area contributed by atoms with Crippen LogP contribution in [0.2, 0.25) is 0 Å². The first-order chi connectivity index (χ1) is 11.5. The highest BCUT2D eigenvalue weighted by Gasteiger charge is 2.27. The van der Waals surface area contributed by atoms with Gasteiger partial charge in [0.25, 0.3) is 5.91 Å². The second-order valence-corrected chi connectivity index (χ2v) is 7.54. The lowest BCUT2D eigenvalue weighted by molar-refractivity contribution is -0.125. The van der Waals surface area contributed by atoms with Crippen molar-refractivity contribution in [2.45, 2.75) is 25.8 Å². The number of amides is 2. The van der Waals surface area contributed by atoms with Crippen molar-refractivity contribution in [3.05, 3.63) is 57.3 Å². The summed E-state index contributed by atoms with van der Waals surface area (Å²) in [5.74, 6) is 0.147. The molecule has 1 aromatic heterocycles. The number of aryl methyl sites for hydroxylation is 1. The molecule has 24 heavy (non-hydrogen) atoms. The van der Waals surface area contributed by atoms with Crippen LogP contribution >= 0.6 is 11.3 Å². The van der Waals surface area contributed by atoms with Crippen LogP contribution in [0.4, 0.5) is 0 Å². The number of rotatable bonds is 4. The van der Waals surface area contributed by atoms with Gasteiger partial charge in [0.15, 0.2) is 0 Å². The van der Waals surface area contributed by atoms with E-state index >= 15 is 0 Å².